The molecule has 0 saturated heterocycles. The van der Waals surface area contributed by atoms with Crippen molar-refractivity contribution >= 4 is 17.8 Å². The average Bonchev–Trinajstić information content (AvgIpc) is 3.13. The van der Waals surface area contributed by atoms with Gasteiger partial charge in [0.2, 0.25) is 0 Å². The smallest absolute Gasteiger partial charge is 0.307 e. The summed E-state index contributed by atoms with van der Waals surface area (Å²) in [6.45, 7) is 2.02. The van der Waals surface area contributed by atoms with Crippen molar-refractivity contribution in [2.45, 2.75) is 13.5 Å². The molecule has 0 saturated carbocycles. The molecule has 0 atom stereocenters. The molecule has 1 heterocycles. The van der Waals surface area contributed by atoms with Crippen LogP contribution in [-0.4, -0.2) is 17.0 Å². The van der Waals surface area contributed by atoms with Crippen molar-refractivity contribution in [3.63, 3.8) is 0 Å². The number of carbonyl (C=O) groups excluding carboxylic acids is 1. The molecule has 0 aliphatic carbocycles. The van der Waals surface area contributed by atoms with E-state index in [1.807, 2.05) is 6.07 Å². The third-order valence-electron chi connectivity index (χ3n) is 3.75. The van der Waals surface area contributed by atoms with E-state index in [2.05, 4.69) is 10.5 Å². The Hall–Kier alpha value is -3.94. The molecule has 0 radical (unpaired) electrons. The molecule has 2 aromatic carbocycles. The lowest BCUT2D eigenvalue weighted by Crippen LogP contribution is -2.16. The molecular weight excluding hydrogens is 362 g/mol. The number of rotatable bonds is 7. The normalized spacial score (nSPS) is 10.8. The summed E-state index contributed by atoms with van der Waals surface area (Å²) in [5.74, 6) is 1.01. The second-order valence-electron chi connectivity index (χ2n) is 5.89. The van der Waals surface area contributed by atoms with Crippen molar-refractivity contribution in [1.29, 1.82) is 0 Å². The summed E-state index contributed by atoms with van der Waals surface area (Å²) in [4.78, 5) is 22.1. The number of hydrazone groups is 1. The van der Waals surface area contributed by atoms with Gasteiger partial charge in [-0.05, 0) is 54.4 Å². The minimum atomic E-state index is -0.445. The van der Waals surface area contributed by atoms with Crippen molar-refractivity contribution in [3.8, 4) is 5.75 Å². The van der Waals surface area contributed by atoms with Gasteiger partial charge in [-0.25, -0.2) is 5.43 Å². The molecule has 8 heteroatoms. The molecule has 0 aliphatic heterocycles. The highest BCUT2D eigenvalue weighted by Crippen LogP contribution is 2.16. The number of nitrogens with one attached hydrogen (secondary N) is 1. The predicted octanol–water partition coefficient (Wildman–Crippen LogP) is 3.84. The molecule has 142 valence electrons. The summed E-state index contributed by atoms with van der Waals surface area (Å²) in [7, 11) is 0. The van der Waals surface area contributed by atoms with Crippen molar-refractivity contribution in [2.24, 2.45) is 5.10 Å². The number of non-ortho nitro benzene ring substituents is 1. The van der Waals surface area contributed by atoms with Gasteiger partial charge >= 0.3 is 5.91 Å². The maximum absolute atomic E-state index is 11.9. The fraction of sp³-hybridized carbons (Fsp3) is 0.100. The van der Waals surface area contributed by atoms with Gasteiger partial charge in [0, 0.05) is 12.1 Å². The highest BCUT2D eigenvalue weighted by Gasteiger charge is 2.08. The van der Waals surface area contributed by atoms with Gasteiger partial charge in [-0.2, -0.15) is 5.10 Å². The lowest BCUT2D eigenvalue weighted by molar-refractivity contribution is -0.384. The Labute approximate surface area is 160 Å². The minimum absolute atomic E-state index is 0.0358. The lowest BCUT2D eigenvalue weighted by atomic mass is 10.2. The fourth-order valence-corrected chi connectivity index (χ4v) is 2.34. The number of carbonyl (C=O) groups is 1. The largest absolute Gasteiger partial charge is 0.489 e. The molecule has 0 aliphatic rings. The van der Waals surface area contributed by atoms with Crippen LogP contribution in [0.1, 0.15) is 27.4 Å². The van der Waals surface area contributed by atoms with Crippen molar-refractivity contribution in [2.75, 3.05) is 0 Å². The van der Waals surface area contributed by atoms with Crippen molar-refractivity contribution in [3.05, 3.63) is 93.4 Å². The summed E-state index contributed by atoms with van der Waals surface area (Å²) in [5.41, 5.74) is 3.97. The van der Waals surface area contributed by atoms with Crippen LogP contribution in [0, 0.1) is 17.0 Å². The first-order chi connectivity index (χ1) is 13.5. The molecule has 0 fully saturated rings. The summed E-state index contributed by atoms with van der Waals surface area (Å²) in [5, 5.41) is 14.6. The number of nitro benzene ring substituents is 1. The second-order valence-corrected chi connectivity index (χ2v) is 5.89. The number of furan rings is 1. The molecule has 3 aromatic rings. The minimum Gasteiger partial charge on any atom is -0.489 e. The molecule has 28 heavy (non-hydrogen) atoms. The van der Waals surface area contributed by atoms with E-state index in [9.17, 15) is 14.9 Å². The predicted molar refractivity (Wildman–Crippen MR) is 102 cm³/mol. The van der Waals surface area contributed by atoms with Crippen LogP contribution in [0.15, 0.2) is 70.2 Å². The van der Waals surface area contributed by atoms with E-state index in [0.29, 0.717) is 11.5 Å². The van der Waals surface area contributed by atoms with Gasteiger partial charge in [0.25, 0.3) is 5.69 Å². The van der Waals surface area contributed by atoms with Gasteiger partial charge in [-0.3, -0.25) is 14.9 Å². The Kier molecular flexibility index (Phi) is 5.81. The van der Waals surface area contributed by atoms with Gasteiger partial charge in [0.1, 0.15) is 18.1 Å². The second kappa shape index (κ2) is 8.63. The number of benzene rings is 2. The summed E-state index contributed by atoms with van der Waals surface area (Å²) >= 11 is 0. The van der Waals surface area contributed by atoms with Gasteiger partial charge in [0.05, 0.1) is 11.1 Å². The van der Waals surface area contributed by atoms with Crippen LogP contribution in [0.3, 0.4) is 0 Å². The van der Waals surface area contributed by atoms with Crippen LogP contribution in [0.2, 0.25) is 0 Å². The maximum Gasteiger partial charge on any atom is 0.307 e. The van der Waals surface area contributed by atoms with E-state index in [0.717, 1.165) is 11.1 Å². The van der Waals surface area contributed by atoms with Crippen LogP contribution in [0.25, 0.3) is 0 Å². The third-order valence-corrected chi connectivity index (χ3v) is 3.75. The zero-order valence-electron chi connectivity index (χ0n) is 15.0. The van der Waals surface area contributed by atoms with Crippen molar-refractivity contribution < 1.29 is 18.9 Å². The molecule has 1 aromatic heterocycles. The third kappa shape index (κ3) is 5.04. The zero-order valence-corrected chi connectivity index (χ0v) is 15.0. The first kappa shape index (κ1) is 18.8. The van der Waals surface area contributed by atoms with E-state index in [1.54, 1.807) is 49.4 Å². The standard InChI is InChI=1S/C20H17N3O5/c1-14-5-10-19(28-14)20(24)22-21-12-16-3-2-4-18(11-16)27-13-15-6-8-17(9-7-15)23(25)26/h2-12H,13H2,1H3,(H,22,24)/b21-12-. The topological polar surface area (TPSA) is 107 Å². The van der Waals surface area contributed by atoms with Crippen LogP contribution < -0.4 is 10.2 Å². The number of nitrogens with zero attached hydrogens (tertiary/aromatic N) is 2. The number of aryl methyl sites for hydroxylation is 1. The van der Waals surface area contributed by atoms with Crippen LogP contribution >= 0.6 is 0 Å². The molecule has 0 unspecified atom stereocenters. The van der Waals surface area contributed by atoms with E-state index in [4.69, 9.17) is 9.15 Å². The zero-order chi connectivity index (χ0) is 19.9. The average molecular weight is 379 g/mol. The highest BCUT2D eigenvalue weighted by molar-refractivity contribution is 5.92. The molecular formula is C20H17N3O5. The Morgan fingerprint density at radius 2 is 2.00 bits per heavy atom. The Bertz CT molecular complexity index is 1010. The number of amides is 1. The first-order valence-corrected chi connectivity index (χ1v) is 8.37. The Balaban J connectivity index is 1.56. The number of ether oxygens (including phenoxy) is 1. The van der Waals surface area contributed by atoms with Crippen LogP contribution in [0.5, 0.6) is 5.75 Å². The van der Waals surface area contributed by atoms with Gasteiger partial charge < -0.3 is 9.15 Å². The fourth-order valence-electron chi connectivity index (χ4n) is 2.34. The Morgan fingerprint density at radius 3 is 2.68 bits per heavy atom. The summed E-state index contributed by atoms with van der Waals surface area (Å²) in [6, 6.07) is 16.6. The Morgan fingerprint density at radius 1 is 1.21 bits per heavy atom. The van der Waals surface area contributed by atoms with Gasteiger partial charge in [-0.15, -0.1) is 0 Å². The lowest BCUT2D eigenvalue weighted by Gasteiger charge is -2.07. The summed E-state index contributed by atoms with van der Waals surface area (Å²) in [6.07, 6.45) is 1.49. The molecule has 0 bridgehead atoms. The number of hydrogen-bond donors (Lipinski definition) is 1. The van der Waals surface area contributed by atoms with E-state index < -0.39 is 10.8 Å². The number of hydrogen-bond acceptors (Lipinski definition) is 6. The molecule has 3 rings (SSSR count). The number of nitro groups is 1. The van der Waals surface area contributed by atoms with Crippen molar-refractivity contribution in [1.82, 2.24) is 5.43 Å². The van der Waals surface area contributed by atoms with Gasteiger partial charge in [0.15, 0.2) is 5.76 Å². The van der Waals surface area contributed by atoms with Crippen LogP contribution in [-0.2, 0) is 6.61 Å². The molecule has 1 N–H and O–H groups in total. The van der Waals surface area contributed by atoms with E-state index in [1.165, 1.54) is 18.3 Å². The van der Waals surface area contributed by atoms with Gasteiger partial charge in [-0.1, -0.05) is 12.1 Å². The molecule has 1 amide bonds. The monoisotopic (exact) mass is 379 g/mol. The van der Waals surface area contributed by atoms with E-state index >= 15 is 0 Å². The van der Waals surface area contributed by atoms with Crippen LogP contribution in [0.4, 0.5) is 5.69 Å². The summed E-state index contributed by atoms with van der Waals surface area (Å²) < 4.78 is 10.9. The molecule has 0 spiro atoms. The molecule has 8 nitrogen and oxygen atoms in total. The SMILES string of the molecule is Cc1ccc(C(=O)N/N=C\c2cccc(OCc3ccc([N+](=O)[O-])cc3)c2)o1. The maximum atomic E-state index is 11.9. The van der Waals surface area contributed by atoms with E-state index in [-0.39, 0.29) is 18.1 Å². The highest BCUT2D eigenvalue weighted by atomic mass is 16.6. The first-order valence-electron chi connectivity index (χ1n) is 8.37. The quantitative estimate of drug-likeness (QED) is 0.381.